The van der Waals surface area contributed by atoms with Crippen LogP contribution in [0.25, 0.3) is 16.8 Å². The number of aliphatic hydroxyl groups is 2. The van der Waals surface area contributed by atoms with Crippen molar-refractivity contribution < 1.29 is 19.7 Å². The highest BCUT2D eigenvalue weighted by Gasteiger charge is 2.25. The Morgan fingerprint density at radius 2 is 2.04 bits per heavy atom. The van der Waals surface area contributed by atoms with Gasteiger partial charge in [0.1, 0.15) is 12.2 Å². The van der Waals surface area contributed by atoms with Gasteiger partial charge in [0.05, 0.1) is 11.8 Å². The SMILES string of the molecule is CC(O)c1ncc(/C=C/[C@@H](O)[C@@H]2CCCC(=O)O2)c2ccccc12. The molecule has 3 rings (SSSR count). The van der Waals surface area contributed by atoms with Gasteiger partial charge in [-0.3, -0.25) is 9.78 Å². The summed E-state index contributed by atoms with van der Waals surface area (Å²) in [5.74, 6) is -0.257. The highest BCUT2D eigenvalue weighted by molar-refractivity contribution is 5.92. The predicted octanol–water partition coefficient (Wildman–Crippen LogP) is 2.76. The van der Waals surface area contributed by atoms with Gasteiger partial charge in [0.25, 0.3) is 0 Å². The van der Waals surface area contributed by atoms with Gasteiger partial charge < -0.3 is 14.9 Å². The Kier molecular flexibility index (Phi) is 4.92. The van der Waals surface area contributed by atoms with E-state index < -0.39 is 18.3 Å². The number of hydrogen-bond acceptors (Lipinski definition) is 5. The number of ether oxygens (including phenoxy) is 1. The van der Waals surface area contributed by atoms with Gasteiger partial charge in [-0.25, -0.2) is 0 Å². The van der Waals surface area contributed by atoms with E-state index in [1.165, 1.54) is 0 Å². The van der Waals surface area contributed by atoms with Crippen molar-refractivity contribution in [3.8, 4) is 0 Å². The number of hydrogen-bond donors (Lipinski definition) is 2. The Hall–Kier alpha value is -2.24. The van der Waals surface area contributed by atoms with Gasteiger partial charge >= 0.3 is 5.97 Å². The molecule has 2 heterocycles. The van der Waals surface area contributed by atoms with E-state index in [4.69, 9.17) is 4.74 Å². The Morgan fingerprint density at radius 3 is 2.75 bits per heavy atom. The smallest absolute Gasteiger partial charge is 0.306 e. The summed E-state index contributed by atoms with van der Waals surface area (Å²) in [5, 5.41) is 21.9. The molecule has 1 aromatic heterocycles. The first-order valence-electron chi connectivity index (χ1n) is 8.17. The molecule has 1 saturated heterocycles. The zero-order valence-electron chi connectivity index (χ0n) is 13.6. The van der Waals surface area contributed by atoms with E-state index in [1.54, 1.807) is 25.3 Å². The van der Waals surface area contributed by atoms with Gasteiger partial charge in [0.2, 0.25) is 0 Å². The Bertz CT molecular complexity index is 769. The van der Waals surface area contributed by atoms with Gasteiger partial charge in [-0.15, -0.1) is 0 Å². The molecule has 2 aromatic rings. The lowest BCUT2D eigenvalue weighted by Gasteiger charge is -2.24. The number of cyclic esters (lactones) is 1. The molecular formula is C19H21NO4. The minimum atomic E-state index is -0.843. The van der Waals surface area contributed by atoms with Crippen molar-refractivity contribution in [3.05, 3.63) is 47.8 Å². The monoisotopic (exact) mass is 327 g/mol. The molecule has 126 valence electrons. The third-order valence-electron chi connectivity index (χ3n) is 4.26. The van der Waals surface area contributed by atoms with E-state index in [0.29, 0.717) is 18.5 Å². The molecule has 0 bridgehead atoms. The fourth-order valence-electron chi connectivity index (χ4n) is 3.00. The summed E-state index contributed by atoms with van der Waals surface area (Å²) in [6, 6.07) is 7.70. The second-order valence-corrected chi connectivity index (χ2v) is 6.09. The standard InChI is InChI=1S/C19H21NO4/c1-12(21)19-15-6-3-2-5-14(15)13(11-20-19)9-10-16(22)17-7-4-8-18(23)24-17/h2-3,5-6,9-12,16-17,21-22H,4,7-8H2,1H3/b10-9+/t12?,16-,17+/m1/s1. The first kappa shape index (κ1) is 16.6. The molecule has 3 atom stereocenters. The maximum Gasteiger partial charge on any atom is 0.306 e. The van der Waals surface area contributed by atoms with E-state index in [9.17, 15) is 15.0 Å². The minimum absolute atomic E-state index is 0.257. The molecule has 0 spiro atoms. The van der Waals surface area contributed by atoms with Gasteiger partial charge in [-0.05, 0) is 25.2 Å². The van der Waals surface area contributed by atoms with E-state index >= 15 is 0 Å². The number of nitrogens with zero attached hydrogens (tertiary/aromatic N) is 1. The number of carbonyl (C=O) groups excluding carboxylic acids is 1. The molecule has 5 heteroatoms. The van der Waals surface area contributed by atoms with Crippen molar-refractivity contribution in [2.75, 3.05) is 0 Å². The quantitative estimate of drug-likeness (QED) is 0.844. The van der Waals surface area contributed by atoms with Gasteiger partial charge in [-0.2, -0.15) is 0 Å². The number of benzene rings is 1. The van der Waals surface area contributed by atoms with Crippen molar-refractivity contribution in [1.82, 2.24) is 4.98 Å². The number of aromatic nitrogens is 1. The molecule has 0 amide bonds. The van der Waals surface area contributed by atoms with Crippen LogP contribution in [-0.2, 0) is 9.53 Å². The largest absolute Gasteiger partial charge is 0.459 e. The van der Waals surface area contributed by atoms with E-state index in [-0.39, 0.29) is 5.97 Å². The average Bonchev–Trinajstić information content (AvgIpc) is 2.59. The molecule has 1 aliphatic heterocycles. The molecule has 1 fully saturated rings. The fraction of sp³-hybridized carbons (Fsp3) is 0.368. The number of pyridine rings is 1. The van der Waals surface area contributed by atoms with Crippen LogP contribution in [0.1, 0.15) is 43.5 Å². The third-order valence-corrected chi connectivity index (χ3v) is 4.26. The van der Waals surface area contributed by atoms with Gasteiger partial charge in [-0.1, -0.05) is 36.4 Å². The van der Waals surface area contributed by atoms with Crippen LogP contribution in [0.15, 0.2) is 36.5 Å². The maximum absolute atomic E-state index is 11.3. The normalized spacial score (nSPS) is 21.0. The third kappa shape index (κ3) is 3.47. The summed E-state index contributed by atoms with van der Waals surface area (Å²) in [4.78, 5) is 15.7. The summed E-state index contributed by atoms with van der Waals surface area (Å²) in [6.07, 6.45) is 4.94. The molecule has 1 aliphatic rings. The van der Waals surface area contributed by atoms with Crippen LogP contribution in [0.5, 0.6) is 0 Å². The van der Waals surface area contributed by atoms with Crippen LogP contribution < -0.4 is 0 Å². The van der Waals surface area contributed by atoms with Crippen LogP contribution >= 0.6 is 0 Å². The first-order chi connectivity index (χ1) is 11.6. The van der Waals surface area contributed by atoms with Gasteiger partial charge in [0.15, 0.2) is 0 Å². The second-order valence-electron chi connectivity index (χ2n) is 6.09. The molecule has 0 saturated carbocycles. The molecule has 1 aromatic carbocycles. The molecule has 0 radical (unpaired) electrons. The Balaban J connectivity index is 1.87. The number of fused-ring (bicyclic) bond motifs is 1. The maximum atomic E-state index is 11.3. The Morgan fingerprint density at radius 1 is 1.29 bits per heavy atom. The molecular weight excluding hydrogens is 306 g/mol. The molecule has 5 nitrogen and oxygen atoms in total. The van der Waals surface area contributed by atoms with Crippen LogP contribution in [0, 0.1) is 0 Å². The predicted molar refractivity (Wildman–Crippen MR) is 91.1 cm³/mol. The van der Waals surface area contributed by atoms with Crippen molar-refractivity contribution in [2.45, 2.75) is 44.5 Å². The number of rotatable bonds is 4. The molecule has 24 heavy (non-hydrogen) atoms. The Labute approximate surface area is 140 Å². The zero-order valence-corrected chi connectivity index (χ0v) is 13.6. The lowest BCUT2D eigenvalue weighted by molar-refractivity contribution is -0.158. The van der Waals surface area contributed by atoms with Crippen LogP contribution in [0.4, 0.5) is 0 Å². The van der Waals surface area contributed by atoms with E-state index in [2.05, 4.69) is 4.98 Å². The topological polar surface area (TPSA) is 79.7 Å². The number of carbonyl (C=O) groups is 1. The van der Waals surface area contributed by atoms with Crippen molar-refractivity contribution in [1.29, 1.82) is 0 Å². The van der Waals surface area contributed by atoms with E-state index in [0.717, 1.165) is 22.8 Å². The highest BCUT2D eigenvalue weighted by Crippen LogP contribution is 2.26. The van der Waals surface area contributed by atoms with Crippen LogP contribution in [0.2, 0.25) is 0 Å². The van der Waals surface area contributed by atoms with E-state index in [1.807, 2.05) is 24.3 Å². The summed E-state index contributed by atoms with van der Waals surface area (Å²) in [7, 11) is 0. The van der Waals surface area contributed by atoms with Crippen LogP contribution in [-0.4, -0.2) is 33.4 Å². The summed E-state index contributed by atoms with van der Waals surface area (Å²) < 4.78 is 5.19. The second kappa shape index (κ2) is 7.11. The fourth-order valence-corrected chi connectivity index (χ4v) is 3.00. The summed E-state index contributed by atoms with van der Waals surface area (Å²) in [6.45, 7) is 1.69. The average molecular weight is 327 g/mol. The molecule has 1 unspecified atom stereocenters. The number of aliphatic hydroxyl groups excluding tert-OH is 2. The highest BCUT2D eigenvalue weighted by atomic mass is 16.6. The van der Waals surface area contributed by atoms with Crippen molar-refractivity contribution in [3.63, 3.8) is 0 Å². The summed E-state index contributed by atoms with van der Waals surface area (Å²) in [5.41, 5.74) is 1.47. The molecule has 2 N–H and O–H groups in total. The lowest BCUT2D eigenvalue weighted by Crippen LogP contribution is -2.33. The zero-order chi connectivity index (χ0) is 17.1. The first-order valence-corrected chi connectivity index (χ1v) is 8.17. The lowest BCUT2D eigenvalue weighted by atomic mass is 10.0. The minimum Gasteiger partial charge on any atom is -0.459 e. The van der Waals surface area contributed by atoms with Crippen molar-refractivity contribution in [2.24, 2.45) is 0 Å². The number of esters is 1. The molecule has 0 aliphatic carbocycles. The van der Waals surface area contributed by atoms with Gasteiger partial charge in [0, 0.05) is 23.6 Å². The summed E-state index contributed by atoms with van der Waals surface area (Å²) >= 11 is 0. The van der Waals surface area contributed by atoms with Crippen LogP contribution in [0.3, 0.4) is 0 Å². The van der Waals surface area contributed by atoms with Crippen molar-refractivity contribution >= 4 is 22.8 Å².